The number of rotatable bonds is 2. The SMILES string of the molecule is Cc1ccc(C23CCC(c4ccc(C)cc4)(CC2)OO3)cc1. The average molecular weight is 294 g/mol. The van der Waals surface area contributed by atoms with E-state index in [9.17, 15) is 0 Å². The molecule has 0 N–H and O–H groups in total. The van der Waals surface area contributed by atoms with Crippen molar-refractivity contribution in [2.24, 2.45) is 0 Å². The Morgan fingerprint density at radius 2 is 0.909 bits per heavy atom. The molecule has 3 aliphatic rings. The monoisotopic (exact) mass is 294 g/mol. The zero-order valence-corrected chi connectivity index (χ0v) is 13.3. The van der Waals surface area contributed by atoms with E-state index in [1.807, 2.05) is 0 Å². The van der Waals surface area contributed by atoms with Crippen LogP contribution in [0.4, 0.5) is 0 Å². The van der Waals surface area contributed by atoms with Gasteiger partial charge in [-0.25, -0.2) is 9.78 Å². The molecule has 0 atom stereocenters. The fourth-order valence-corrected chi connectivity index (χ4v) is 3.77. The van der Waals surface area contributed by atoms with Gasteiger partial charge in [-0.2, -0.15) is 0 Å². The summed E-state index contributed by atoms with van der Waals surface area (Å²) in [5, 5.41) is 0. The van der Waals surface area contributed by atoms with Gasteiger partial charge < -0.3 is 0 Å². The van der Waals surface area contributed by atoms with Crippen LogP contribution in [0.3, 0.4) is 0 Å². The molecule has 0 spiro atoms. The molecule has 2 bridgehead atoms. The molecule has 3 fully saturated rings. The summed E-state index contributed by atoms with van der Waals surface area (Å²) in [4.78, 5) is 12.0. The largest absolute Gasteiger partial charge is 0.224 e. The van der Waals surface area contributed by atoms with Crippen LogP contribution in [0, 0.1) is 13.8 Å². The van der Waals surface area contributed by atoms with E-state index >= 15 is 0 Å². The van der Waals surface area contributed by atoms with Crippen molar-refractivity contribution in [2.45, 2.75) is 50.7 Å². The summed E-state index contributed by atoms with van der Waals surface area (Å²) < 4.78 is 0. The van der Waals surface area contributed by atoms with Crippen LogP contribution in [0.2, 0.25) is 0 Å². The first-order valence-corrected chi connectivity index (χ1v) is 8.13. The average Bonchev–Trinajstić information content (AvgIpc) is 2.57. The molecule has 2 heterocycles. The van der Waals surface area contributed by atoms with E-state index in [1.165, 1.54) is 22.3 Å². The van der Waals surface area contributed by atoms with Gasteiger partial charge in [-0.1, -0.05) is 59.7 Å². The standard InChI is InChI=1S/C20H22O2/c1-15-3-7-17(8-4-15)19-11-13-20(14-12-19,22-21-19)18-9-5-16(2)6-10-18/h3-10H,11-14H2,1-2H3. The van der Waals surface area contributed by atoms with Crippen LogP contribution in [-0.4, -0.2) is 0 Å². The third-order valence-electron chi connectivity index (χ3n) is 5.38. The third kappa shape index (κ3) is 2.10. The quantitative estimate of drug-likeness (QED) is 0.731. The Morgan fingerprint density at radius 1 is 0.591 bits per heavy atom. The molecule has 1 aliphatic carbocycles. The highest BCUT2D eigenvalue weighted by atomic mass is 17.2. The predicted molar refractivity (Wildman–Crippen MR) is 86.4 cm³/mol. The van der Waals surface area contributed by atoms with Crippen molar-refractivity contribution in [1.82, 2.24) is 0 Å². The number of benzene rings is 2. The molecular weight excluding hydrogens is 272 g/mol. The van der Waals surface area contributed by atoms with Gasteiger partial charge in [-0.3, -0.25) is 0 Å². The van der Waals surface area contributed by atoms with Crippen LogP contribution in [-0.2, 0) is 21.0 Å². The molecule has 0 radical (unpaired) electrons. The van der Waals surface area contributed by atoms with Crippen molar-refractivity contribution >= 4 is 0 Å². The van der Waals surface area contributed by atoms with Crippen LogP contribution in [0.1, 0.15) is 47.9 Å². The molecular formula is C20H22O2. The highest BCUT2D eigenvalue weighted by molar-refractivity contribution is 5.32. The van der Waals surface area contributed by atoms with Crippen LogP contribution in [0.5, 0.6) is 0 Å². The first-order valence-electron chi connectivity index (χ1n) is 8.13. The second-order valence-corrected chi connectivity index (χ2v) is 6.89. The summed E-state index contributed by atoms with van der Waals surface area (Å²) in [7, 11) is 0. The molecule has 2 nitrogen and oxygen atoms in total. The molecule has 1 saturated carbocycles. The molecule has 0 unspecified atom stereocenters. The molecule has 0 aromatic heterocycles. The van der Waals surface area contributed by atoms with E-state index < -0.39 is 0 Å². The Balaban J connectivity index is 1.61. The molecule has 0 amide bonds. The normalized spacial score (nSPS) is 30.5. The third-order valence-corrected chi connectivity index (χ3v) is 5.38. The van der Waals surface area contributed by atoms with Gasteiger partial charge in [0.1, 0.15) is 11.2 Å². The molecule has 2 aliphatic heterocycles. The van der Waals surface area contributed by atoms with Gasteiger partial charge in [-0.05, 0) is 50.7 Å². The van der Waals surface area contributed by atoms with Gasteiger partial charge in [0.2, 0.25) is 0 Å². The smallest absolute Gasteiger partial charge is 0.129 e. The minimum absolute atomic E-state index is 0.250. The number of aryl methyl sites for hydroxylation is 2. The zero-order chi connectivity index (χ0) is 15.2. The van der Waals surface area contributed by atoms with Crippen molar-refractivity contribution in [3.8, 4) is 0 Å². The second-order valence-electron chi connectivity index (χ2n) is 6.89. The molecule has 2 aromatic carbocycles. The van der Waals surface area contributed by atoms with E-state index in [0.717, 1.165) is 25.7 Å². The molecule has 2 aromatic rings. The Kier molecular flexibility index (Phi) is 3.14. The highest BCUT2D eigenvalue weighted by Crippen LogP contribution is 2.55. The highest BCUT2D eigenvalue weighted by Gasteiger charge is 2.53. The summed E-state index contributed by atoms with van der Waals surface area (Å²) in [5.74, 6) is 0. The van der Waals surface area contributed by atoms with Crippen LogP contribution in [0.25, 0.3) is 0 Å². The minimum atomic E-state index is -0.250. The summed E-state index contributed by atoms with van der Waals surface area (Å²) in [5.41, 5.74) is 4.55. The minimum Gasteiger partial charge on any atom is -0.224 e. The second kappa shape index (κ2) is 4.94. The lowest BCUT2D eigenvalue weighted by Crippen LogP contribution is -2.50. The van der Waals surface area contributed by atoms with E-state index in [2.05, 4.69) is 62.4 Å². The predicted octanol–water partition coefficient (Wildman–Crippen LogP) is 4.93. The molecule has 22 heavy (non-hydrogen) atoms. The lowest BCUT2D eigenvalue weighted by molar-refractivity contribution is -0.479. The van der Waals surface area contributed by atoms with Gasteiger partial charge >= 0.3 is 0 Å². The molecule has 2 saturated heterocycles. The summed E-state index contributed by atoms with van der Waals surface area (Å²) in [6.45, 7) is 4.23. The maximum Gasteiger partial charge on any atom is 0.129 e. The van der Waals surface area contributed by atoms with Crippen LogP contribution < -0.4 is 0 Å². The van der Waals surface area contributed by atoms with E-state index in [1.54, 1.807) is 0 Å². The molecule has 114 valence electrons. The van der Waals surface area contributed by atoms with Gasteiger partial charge in [0.05, 0.1) is 0 Å². The van der Waals surface area contributed by atoms with Crippen molar-refractivity contribution in [2.75, 3.05) is 0 Å². The Bertz CT molecular complexity index is 584. The van der Waals surface area contributed by atoms with Gasteiger partial charge in [0.25, 0.3) is 0 Å². The van der Waals surface area contributed by atoms with E-state index in [0.29, 0.717) is 0 Å². The van der Waals surface area contributed by atoms with Gasteiger partial charge in [0, 0.05) is 0 Å². The number of hydrogen-bond acceptors (Lipinski definition) is 2. The van der Waals surface area contributed by atoms with Crippen molar-refractivity contribution < 1.29 is 9.78 Å². The van der Waals surface area contributed by atoms with Crippen molar-refractivity contribution in [3.63, 3.8) is 0 Å². The van der Waals surface area contributed by atoms with E-state index in [-0.39, 0.29) is 11.2 Å². The summed E-state index contributed by atoms with van der Waals surface area (Å²) >= 11 is 0. The number of fused-ring (bicyclic) bond motifs is 3. The first kappa shape index (κ1) is 14.0. The maximum atomic E-state index is 5.98. The molecule has 5 rings (SSSR count). The van der Waals surface area contributed by atoms with Gasteiger partial charge in [-0.15, -0.1) is 0 Å². The molecule has 2 heteroatoms. The number of hydrogen-bond donors (Lipinski definition) is 0. The Morgan fingerprint density at radius 3 is 1.18 bits per heavy atom. The van der Waals surface area contributed by atoms with E-state index in [4.69, 9.17) is 9.78 Å². The lowest BCUT2D eigenvalue weighted by Gasteiger charge is -2.51. The van der Waals surface area contributed by atoms with Gasteiger partial charge in [0.15, 0.2) is 0 Å². The summed E-state index contributed by atoms with van der Waals surface area (Å²) in [6.07, 6.45) is 4.07. The first-order chi connectivity index (χ1) is 10.6. The Hall–Kier alpha value is -1.64. The lowest BCUT2D eigenvalue weighted by atomic mass is 9.69. The van der Waals surface area contributed by atoms with Crippen molar-refractivity contribution in [1.29, 1.82) is 0 Å². The maximum absolute atomic E-state index is 5.98. The Labute approximate surface area is 132 Å². The zero-order valence-electron chi connectivity index (χ0n) is 13.3. The van der Waals surface area contributed by atoms with Crippen molar-refractivity contribution in [3.05, 3.63) is 70.8 Å². The topological polar surface area (TPSA) is 18.5 Å². The van der Waals surface area contributed by atoms with Crippen LogP contribution in [0.15, 0.2) is 48.5 Å². The summed E-state index contributed by atoms with van der Waals surface area (Å²) in [6, 6.07) is 17.4. The van der Waals surface area contributed by atoms with Crippen LogP contribution >= 0.6 is 0 Å². The fourth-order valence-electron chi connectivity index (χ4n) is 3.77. The fraction of sp³-hybridized carbons (Fsp3) is 0.400.